The first-order chi connectivity index (χ1) is 14.3. The SMILES string of the molecule is CCOC(=O)C1=C(N)OC(CC(=O)OC)C(C(=O)OC)C12C(=O)Nc1ccccc12. The second-order valence-electron chi connectivity index (χ2n) is 6.70. The van der Waals surface area contributed by atoms with Gasteiger partial charge in [0, 0.05) is 5.69 Å². The van der Waals surface area contributed by atoms with Gasteiger partial charge in [-0.15, -0.1) is 0 Å². The molecule has 0 saturated heterocycles. The maximum Gasteiger partial charge on any atom is 0.340 e. The van der Waals surface area contributed by atoms with Crippen molar-refractivity contribution in [2.45, 2.75) is 24.9 Å². The number of methoxy groups -OCH3 is 2. The van der Waals surface area contributed by atoms with Gasteiger partial charge in [0.1, 0.15) is 23.0 Å². The van der Waals surface area contributed by atoms with Crippen LogP contribution in [0, 0.1) is 5.92 Å². The Morgan fingerprint density at radius 3 is 2.53 bits per heavy atom. The molecule has 3 unspecified atom stereocenters. The summed E-state index contributed by atoms with van der Waals surface area (Å²) in [5.41, 5.74) is 4.57. The van der Waals surface area contributed by atoms with Crippen molar-refractivity contribution in [2.75, 3.05) is 26.1 Å². The molecular formula is C20H22N2O8. The number of nitrogens with two attached hydrogens (primary N) is 1. The highest BCUT2D eigenvalue weighted by atomic mass is 16.6. The molecule has 0 bridgehead atoms. The van der Waals surface area contributed by atoms with Gasteiger partial charge in [-0.1, -0.05) is 18.2 Å². The van der Waals surface area contributed by atoms with E-state index in [9.17, 15) is 19.2 Å². The third-order valence-electron chi connectivity index (χ3n) is 5.25. The van der Waals surface area contributed by atoms with Crippen LogP contribution in [0.25, 0.3) is 0 Å². The summed E-state index contributed by atoms with van der Waals surface area (Å²) in [7, 11) is 2.31. The normalized spacial score (nSPS) is 24.6. The lowest BCUT2D eigenvalue weighted by Crippen LogP contribution is -2.58. The molecule has 0 aromatic heterocycles. The molecule has 2 aliphatic rings. The summed E-state index contributed by atoms with van der Waals surface area (Å²) in [6.45, 7) is 1.59. The lowest BCUT2D eigenvalue weighted by atomic mass is 9.62. The van der Waals surface area contributed by atoms with Gasteiger partial charge < -0.3 is 30.0 Å². The van der Waals surface area contributed by atoms with Crippen LogP contribution in [-0.4, -0.2) is 50.7 Å². The molecule has 30 heavy (non-hydrogen) atoms. The summed E-state index contributed by atoms with van der Waals surface area (Å²) in [5, 5.41) is 2.69. The van der Waals surface area contributed by atoms with Crippen LogP contribution < -0.4 is 11.1 Å². The number of ether oxygens (including phenoxy) is 4. The van der Waals surface area contributed by atoms with E-state index in [0.717, 1.165) is 7.11 Å². The van der Waals surface area contributed by atoms with Gasteiger partial charge >= 0.3 is 17.9 Å². The fraction of sp³-hybridized carbons (Fsp3) is 0.400. The topological polar surface area (TPSA) is 143 Å². The summed E-state index contributed by atoms with van der Waals surface area (Å²) < 4.78 is 20.4. The van der Waals surface area contributed by atoms with Crippen molar-refractivity contribution in [2.24, 2.45) is 11.7 Å². The molecule has 3 N–H and O–H groups in total. The molecule has 0 radical (unpaired) electrons. The average Bonchev–Trinajstić information content (AvgIpc) is 2.99. The van der Waals surface area contributed by atoms with E-state index in [1.54, 1.807) is 31.2 Å². The number of nitrogens with one attached hydrogen (secondary N) is 1. The van der Waals surface area contributed by atoms with Gasteiger partial charge in [-0.25, -0.2) is 4.79 Å². The van der Waals surface area contributed by atoms with Crippen molar-refractivity contribution in [3.05, 3.63) is 41.3 Å². The van der Waals surface area contributed by atoms with Crippen LogP contribution in [-0.2, 0) is 43.5 Å². The molecular weight excluding hydrogens is 396 g/mol. The number of benzene rings is 1. The second-order valence-corrected chi connectivity index (χ2v) is 6.70. The zero-order chi connectivity index (χ0) is 22.1. The quantitative estimate of drug-likeness (QED) is 0.512. The summed E-state index contributed by atoms with van der Waals surface area (Å²) in [6.07, 6.45) is -1.62. The Balaban J connectivity index is 2.34. The van der Waals surface area contributed by atoms with Crippen molar-refractivity contribution in [1.29, 1.82) is 0 Å². The van der Waals surface area contributed by atoms with Gasteiger partial charge in [-0.3, -0.25) is 14.4 Å². The van der Waals surface area contributed by atoms with Crippen LogP contribution in [0.2, 0.25) is 0 Å². The number of para-hydroxylation sites is 1. The van der Waals surface area contributed by atoms with E-state index in [1.807, 2.05) is 0 Å². The van der Waals surface area contributed by atoms with Gasteiger partial charge in [0.05, 0.1) is 27.2 Å². The first-order valence-electron chi connectivity index (χ1n) is 9.22. The molecule has 1 spiro atoms. The molecule has 1 amide bonds. The maximum absolute atomic E-state index is 13.4. The minimum atomic E-state index is -1.91. The van der Waals surface area contributed by atoms with E-state index in [0.29, 0.717) is 11.3 Å². The predicted molar refractivity (Wildman–Crippen MR) is 102 cm³/mol. The Morgan fingerprint density at radius 1 is 1.20 bits per heavy atom. The van der Waals surface area contributed by atoms with Gasteiger partial charge in [0.2, 0.25) is 5.91 Å². The Bertz CT molecular complexity index is 940. The average molecular weight is 418 g/mol. The third kappa shape index (κ3) is 3.04. The fourth-order valence-corrected chi connectivity index (χ4v) is 4.08. The molecule has 1 aromatic carbocycles. The van der Waals surface area contributed by atoms with Gasteiger partial charge in [-0.2, -0.15) is 0 Å². The van der Waals surface area contributed by atoms with Crippen molar-refractivity contribution in [1.82, 2.24) is 0 Å². The van der Waals surface area contributed by atoms with Crippen molar-refractivity contribution >= 4 is 29.5 Å². The van der Waals surface area contributed by atoms with E-state index in [2.05, 4.69) is 5.32 Å². The van der Waals surface area contributed by atoms with Crippen molar-refractivity contribution < 1.29 is 38.1 Å². The fourth-order valence-electron chi connectivity index (χ4n) is 4.08. The van der Waals surface area contributed by atoms with Crippen LogP contribution >= 0.6 is 0 Å². The maximum atomic E-state index is 13.4. The number of anilines is 1. The largest absolute Gasteiger partial charge is 0.474 e. The number of esters is 3. The summed E-state index contributed by atoms with van der Waals surface area (Å²) in [4.78, 5) is 51.3. The standard InChI is InChI=1S/C20H22N2O8/c1-4-29-18(25)15-16(21)30-12(9-13(23)27-2)14(17(24)28-3)20(15)10-7-5-6-8-11(10)22-19(20)26/h5-8,12,14H,4,9,21H2,1-3H3,(H,22,26). The number of carbonyl (C=O) groups is 4. The highest BCUT2D eigenvalue weighted by Crippen LogP contribution is 2.53. The van der Waals surface area contributed by atoms with E-state index in [4.69, 9.17) is 24.7 Å². The molecule has 0 saturated carbocycles. The Morgan fingerprint density at radius 2 is 1.90 bits per heavy atom. The van der Waals surface area contributed by atoms with Crippen LogP contribution in [0.15, 0.2) is 35.7 Å². The number of hydrogen-bond donors (Lipinski definition) is 2. The molecule has 0 aliphatic carbocycles. The number of carbonyl (C=O) groups excluding carboxylic acids is 4. The first-order valence-corrected chi connectivity index (χ1v) is 9.22. The molecule has 3 rings (SSSR count). The highest BCUT2D eigenvalue weighted by molar-refractivity contribution is 6.16. The first kappa shape index (κ1) is 21.2. The minimum Gasteiger partial charge on any atom is -0.474 e. The predicted octanol–water partition coefficient (Wildman–Crippen LogP) is 0.361. The van der Waals surface area contributed by atoms with Gasteiger partial charge in [0.25, 0.3) is 0 Å². The van der Waals surface area contributed by atoms with Crippen LogP contribution in [0.5, 0.6) is 0 Å². The number of rotatable bonds is 5. The molecule has 160 valence electrons. The highest BCUT2D eigenvalue weighted by Gasteiger charge is 2.66. The Hall–Kier alpha value is -3.56. The number of amides is 1. The Kier molecular flexibility index (Phi) is 5.68. The van der Waals surface area contributed by atoms with E-state index >= 15 is 0 Å². The van der Waals surface area contributed by atoms with E-state index < -0.39 is 53.6 Å². The van der Waals surface area contributed by atoms with Gasteiger partial charge in [-0.05, 0) is 18.6 Å². The molecule has 10 heteroatoms. The molecule has 2 aliphatic heterocycles. The smallest absolute Gasteiger partial charge is 0.340 e. The van der Waals surface area contributed by atoms with E-state index in [1.165, 1.54) is 7.11 Å². The second kappa shape index (κ2) is 8.05. The van der Waals surface area contributed by atoms with Crippen LogP contribution in [0.4, 0.5) is 5.69 Å². The number of hydrogen-bond acceptors (Lipinski definition) is 9. The van der Waals surface area contributed by atoms with Crippen molar-refractivity contribution in [3.8, 4) is 0 Å². The third-order valence-corrected chi connectivity index (χ3v) is 5.25. The molecule has 1 aromatic rings. The molecule has 10 nitrogen and oxygen atoms in total. The van der Waals surface area contributed by atoms with Crippen LogP contribution in [0.1, 0.15) is 18.9 Å². The molecule has 2 heterocycles. The monoisotopic (exact) mass is 418 g/mol. The zero-order valence-electron chi connectivity index (χ0n) is 16.7. The molecule has 3 atom stereocenters. The lowest BCUT2D eigenvalue weighted by Gasteiger charge is -2.43. The van der Waals surface area contributed by atoms with Gasteiger partial charge in [0.15, 0.2) is 5.88 Å². The lowest BCUT2D eigenvalue weighted by molar-refractivity contribution is -0.162. The van der Waals surface area contributed by atoms with E-state index in [-0.39, 0.29) is 12.2 Å². The zero-order valence-corrected chi connectivity index (χ0v) is 16.7. The minimum absolute atomic E-state index is 0.00341. The molecule has 0 fully saturated rings. The van der Waals surface area contributed by atoms with Crippen molar-refractivity contribution in [3.63, 3.8) is 0 Å². The Labute approximate surface area is 172 Å². The summed E-state index contributed by atoms with van der Waals surface area (Å²) >= 11 is 0. The van der Waals surface area contributed by atoms with Crippen LogP contribution in [0.3, 0.4) is 0 Å². The summed E-state index contributed by atoms with van der Waals surface area (Å²) in [5.74, 6) is -4.95. The number of fused-ring (bicyclic) bond motifs is 2. The summed E-state index contributed by atoms with van der Waals surface area (Å²) in [6, 6.07) is 6.56.